The Morgan fingerprint density at radius 3 is 2.93 bits per heavy atom. The normalized spacial score (nSPS) is 9.00. The largest absolute Gasteiger partial charge is 0.487 e. The lowest BCUT2D eigenvalue weighted by atomic mass is 10.3. The Hall–Kier alpha value is -1.69. The number of nitrogen functional groups attached to an aromatic ring is 1. The summed E-state index contributed by atoms with van der Waals surface area (Å²) in [5, 5.41) is 0. The van der Waals surface area contributed by atoms with Gasteiger partial charge in [-0.25, -0.2) is 4.39 Å². The van der Waals surface area contributed by atoms with Crippen molar-refractivity contribution in [2.75, 3.05) is 12.3 Å². The van der Waals surface area contributed by atoms with Crippen molar-refractivity contribution in [2.24, 2.45) is 0 Å². The number of hydrogen-bond donors (Lipinski definition) is 1. The van der Waals surface area contributed by atoms with E-state index in [0.717, 1.165) is 0 Å². The van der Waals surface area contributed by atoms with Gasteiger partial charge in [-0.1, -0.05) is 6.07 Å². The molecule has 1 rings (SSSR count). The molecule has 0 fully saturated rings. The van der Waals surface area contributed by atoms with Gasteiger partial charge in [-0.15, -0.1) is 11.8 Å². The highest BCUT2D eigenvalue weighted by molar-refractivity contribution is 5.52. The van der Waals surface area contributed by atoms with Crippen LogP contribution in [-0.4, -0.2) is 6.61 Å². The summed E-state index contributed by atoms with van der Waals surface area (Å²) in [4.78, 5) is 0. The molecule has 0 bridgehead atoms. The van der Waals surface area contributed by atoms with Crippen molar-refractivity contribution >= 4 is 5.69 Å². The van der Waals surface area contributed by atoms with Gasteiger partial charge in [0, 0.05) is 6.42 Å². The second kappa shape index (κ2) is 5.13. The number of rotatable bonds is 3. The average molecular weight is 193 g/mol. The Kier molecular flexibility index (Phi) is 3.81. The maximum atomic E-state index is 13.1. The molecule has 0 aliphatic carbocycles. The molecule has 0 aliphatic rings. The summed E-state index contributed by atoms with van der Waals surface area (Å²) < 4.78 is 18.3. The van der Waals surface area contributed by atoms with E-state index in [1.54, 1.807) is 19.1 Å². The van der Waals surface area contributed by atoms with Gasteiger partial charge in [-0.2, -0.15) is 0 Å². The SMILES string of the molecule is CC#CCCOc1c(N)cccc1F. The van der Waals surface area contributed by atoms with Crippen LogP contribution in [0.2, 0.25) is 0 Å². The highest BCUT2D eigenvalue weighted by Crippen LogP contribution is 2.24. The Labute approximate surface area is 82.9 Å². The zero-order valence-corrected chi connectivity index (χ0v) is 8.01. The molecule has 0 spiro atoms. The molecule has 2 N–H and O–H groups in total. The topological polar surface area (TPSA) is 35.2 Å². The fraction of sp³-hybridized carbons (Fsp3) is 0.273. The first kappa shape index (κ1) is 10.4. The first-order valence-corrected chi connectivity index (χ1v) is 4.32. The molecular formula is C11H12FNO. The Balaban J connectivity index is 2.60. The zero-order valence-electron chi connectivity index (χ0n) is 8.01. The van der Waals surface area contributed by atoms with E-state index in [4.69, 9.17) is 10.5 Å². The van der Waals surface area contributed by atoms with Crippen LogP contribution in [0.5, 0.6) is 5.75 Å². The lowest BCUT2D eigenvalue weighted by Crippen LogP contribution is -2.01. The molecule has 3 heteroatoms. The summed E-state index contributed by atoms with van der Waals surface area (Å²) in [5.41, 5.74) is 5.85. The number of anilines is 1. The van der Waals surface area contributed by atoms with Crippen molar-refractivity contribution in [1.82, 2.24) is 0 Å². The van der Waals surface area contributed by atoms with Gasteiger partial charge in [0.05, 0.1) is 12.3 Å². The molecular weight excluding hydrogens is 181 g/mol. The van der Waals surface area contributed by atoms with Crippen molar-refractivity contribution in [3.05, 3.63) is 24.0 Å². The van der Waals surface area contributed by atoms with Gasteiger partial charge in [-0.05, 0) is 19.1 Å². The van der Waals surface area contributed by atoms with Gasteiger partial charge in [0.1, 0.15) is 0 Å². The van der Waals surface area contributed by atoms with Crippen molar-refractivity contribution in [2.45, 2.75) is 13.3 Å². The third kappa shape index (κ3) is 2.67. The summed E-state index contributed by atoms with van der Waals surface area (Å²) in [6.07, 6.45) is 0.574. The number of para-hydroxylation sites is 1. The zero-order chi connectivity index (χ0) is 10.4. The van der Waals surface area contributed by atoms with Crippen LogP contribution in [-0.2, 0) is 0 Å². The third-order valence-corrected chi connectivity index (χ3v) is 1.65. The summed E-state index contributed by atoms with van der Waals surface area (Å²) >= 11 is 0. The van der Waals surface area contributed by atoms with Gasteiger partial charge in [0.25, 0.3) is 0 Å². The maximum Gasteiger partial charge on any atom is 0.177 e. The van der Waals surface area contributed by atoms with E-state index in [9.17, 15) is 4.39 Å². The fourth-order valence-electron chi connectivity index (χ4n) is 1.01. The molecule has 1 aromatic rings. The molecule has 0 unspecified atom stereocenters. The number of benzene rings is 1. The molecule has 0 radical (unpaired) electrons. The van der Waals surface area contributed by atoms with E-state index in [1.165, 1.54) is 6.07 Å². The number of nitrogens with two attached hydrogens (primary N) is 1. The second-order valence-corrected chi connectivity index (χ2v) is 2.68. The lowest BCUT2D eigenvalue weighted by molar-refractivity contribution is 0.312. The van der Waals surface area contributed by atoms with E-state index in [1.807, 2.05) is 0 Å². The highest BCUT2D eigenvalue weighted by atomic mass is 19.1. The molecule has 0 atom stereocenters. The molecule has 0 saturated heterocycles. The molecule has 1 aromatic carbocycles. The summed E-state index contributed by atoms with van der Waals surface area (Å²) in [7, 11) is 0. The van der Waals surface area contributed by atoms with Crippen LogP contribution in [0, 0.1) is 17.7 Å². The Bertz CT molecular complexity index is 345. The van der Waals surface area contributed by atoms with Crippen LogP contribution in [0.25, 0.3) is 0 Å². The first-order valence-electron chi connectivity index (χ1n) is 4.32. The van der Waals surface area contributed by atoms with Crippen molar-refractivity contribution in [3.63, 3.8) is 0 Å². The Morgan fingerprint density at radius 2 is 2.29 bits per heavy atom. The highest BCUT2D eigenvalue weighted by Gasteiger charge is 2.05. The van der Waals surface area contributed by atoms with Crippen LogP contribution >= 0.6 is 0 Å². The number of hydrogen-bond acceptors (Lipinski definition) is 2. The van der Waals surface area contributed by atoms with E-state index >= 15 is 0 Å². The average Bonchev–Trinajstić information content (AvgIpc) is 2.16. The molecule has 0 saturated carbocycles. The first-order chi connectivity index (χ1) is 6.75. The predicted molar refractivity (Wildman–Crippen MR) is 54.4 cm³/mol. The lowest BCUT2D eigenvalue weighted by Gasteiger charge is -2.07. The minimum Gasteiger partial charge on any atom is -0.487 e. The monoisotopic (exact) mass is 193 g/mol. The van der Waals surface area contributed by atoms with Gasteiger partial charge in [0.2, 0.25) is 0 Å². The van der Waals surface area contributed by atoms with E-state index in [-0.39, 0.29) is 5.75 Å². The predicted octanol–water partition coefficient (Wildman–Crippen LogP) is 2.20. The van der Waals surface area contributed by atoms with E-state index in [0.29, 0.717) is 18.7 Å². The number of ether oxygens (including phenoxy) is 1. The maximum absolute atomic E-state index is 13.1. The number of halogens is 1. The van der Waals surface area contributed by atoms with Crippen molar-refractivity contribution in [1.29, 1.82) is 0 Å². The van der Waals surface area contributed by atoms with Crippen LogP contribution < -0.4 is 10.5 Å². The van der Waals surface area contributed by atoms with Crippen molar-refractivity contribution < 1.29 is 9.13 Å². The molecule has 0 aliphatic heterocycles. The van der Waals surface area contributed by atoms with Gasteiger partial charge < -0.3 is 10.5 Å². The standard InChI is InChI=1S/C11H12FNO/c1-2-3-4-8-14-11-9(12)6-5-7-10(11)13/h5-7H,4,8,13H2,1H3. The third-order valence-electron chi connectivity index (χ3n) is 1.65. The molecule has 0 heterocycles. The van der Waals surface area contributed by atoms with Crippen LogP contribution in [0.3, 0.4) is 0 Å². The minimum absolute atomic E-state index is 0.116. The molecule has 2 nitrogen and oxygen atoms in total. The molecule has 0 amide bonds. The van der Waals surface area contributed by atoms with Crippen LogP contribution in [0.15, 0.2) is 18.2 Å². The van der Waals surface area contributed by atoms with Gasteiger partial charge >= 0.3 is 0 Å². The van der Waals surface area contributed by atoms with Crippen molar-refractivity contribution in [3.8, 4) is 17.6 Å². The van der Waals surface area contributed by atoms with Crippen LogP contribution in [0.4, 0.5) is 10.1 Å². The smallest absolute Gasteiger partial charge is 0.177 e. The molecule has 0 aromatic heterocycles. The summed E-state index contributed by atoms with van der Waals surface area (Å²) in [6.45, 7) is 2.10. The quantitative estimate of drug-likeness (QED) is 0.453. The summed E-state index contributed by atoms with van der Waals surface area (Å²) in [5.74, 6) is 5.23. The molecule has 14 heavy (non-hydrogen) atoms. The Morgan fingerprint density at radius 1 is 1.50 bits per heavy atom. The van der Waals surface area contributed by atoms with Crippen LogP contribution in [0.1, 0.15) is 13.3 Å². The van der Waals surface area contributed by atoms with Gasteiger partial charge in [0.15, 0.2) is 11.6 Å². The van der Waals surface area contributed by atoms with E-state index < -0.39 is 5.82 Å². The van der Waals surface area contributed by atoms with Gasteiger partial charge in [-0.3, -0.25) is 0 Å². The molecule has 74 valence electrons. The second-order valence-electron chi connectivity index (χ2n) is 2.68. The summed E-state index contributed by atoms with van der Waals surface area (Å²) in [6, 6.07) is 4.46. The van der Waals surface area contributed by atoms with E-state index in [2.05, 4.69) is 11.8 Å². The minimum atomic E-state index is -0.436. The fourth-order valence-corrected chi connectivity index (χ4v) is 1.01.